The van der Waals surface area contributed by atoms with Gasteiger partial charge in [0, 0.05) is 7.05 Å². The molecular formula is C5H9N7. The average Bonchev–Trinajstić information content (AvgIpc) is 2.35. The first-order chi connectivity index (χ1) is 5.68. The van der Waals surface area contributed by atoms with Crippen LogP contribution in [-0.4, -0.2) is 27.2 Å². The number of aryl methyl sites for hydroxylation is 1. The lowest BCUT2D eigenvalue weighted by Gasteiger charge is -1.81. The van der Waals surface area contributed by atoms with Gasteiger partial charge in [-0.05, 0) is 0 Å². The monoisotopic (exact) mass is 167 g/mol. The SMILES string of the molecule is Cn1cc(/C=N/N=C(N)N)nn1. The van der Waals surface area contributed by atoms with Gasteiger partial charge in [0.25, 0.3) is 0 Å². The molecule has 0 fully saturated rings. The number of hydrogen-bond acceptors (Lipinski definition) is 4. The molecule has 12 heavy (non-hydrogen) atoms. The highest BCUT2D eigenvalue weighted by molar-refractivity contribution is 5.79. The van der Waals surface area contributed by atoms with E-state index in [4.69, 9.17) is 11.5 Å². The predicted octanol–water partition coefficient (Wildman–Crippen LogP) is -1.58. The average molecular weight is 167 g/mol. The maximum atomic E-state index is 5.03. The summed E-state index contributed by atoms with van der Waals surface area (Å²) >= 11 is 0. The first-order valence-corrected chi connectivity index (χ1v) is 3.17. The summed E-state index contributed by atoms with van der Waals surface area (Å²) in [6.07, 6.45) is 3.10. The van der Waals surface area contributed by atoms with E-state index >= 15 is 0 Å². The van der Waals surface area contributed by atoms with Crippen LogP contribution in [0.3, 0.4) is 0 Å². The fourth-order valence-electron chi connectivity index (χ4n) is 0.579. The molecule has 0 amide bonds. The van der Waals surface area contributed by atoms with Gasteiger partial charge in [0.2, 0.25) is 5.96 Å². The fraction of sp³-hybridized carbons (Fsp3) is 0.200. The van der Waals surface area contributed by atoms with Gasteiger partial charge in [-0.3, -0.25) is 4.68 Å². The maximum Gasteiger partial charge on any atom is 0.211 e. The Morgan fingerprint density at radius 1 is 1.67 bits per heavy atom. The second-order valence-corrected chi connectivity index (χ2v) is 2.09. The Kier molecular flexibility index (Phi) is 2.36. The molecule has 0 spiro atoms. The second-order valence-electron chi connectivity index (χ2n) is 2.09. The molecule has 4 N–H and O–H groups in total. The van der Waals surface area contributed by atoms with Crippen molar-refractivity contribution in [2.75, 3.05) is 0 Å². The number of nitrogens with zero attached hydrogens (tertiary/aromatic N) is 5. The van der Waals surface area contributed by atoms with E-state index in [-0.39, 0.29) is 5.96 Å². The molecule has 0 aliphatic rings. The summed E-state index contributed by atoms with van der Waals surface area (Å²) in [7, 11) is 1.75. The summed E-state index contributed by atoms with van der Waals surface area (Å²) in [6.45, 7) is 0. The smallest absolute Gasteiger partial charge is 0.211 e. The van der Waals surface area contributed by atoms with Crippen LogP contribution in [0.5, 0.6) is 0 Å². The van der Waals surface area contributed by atoms with E-state index in [1.54, 1.807) is 17.9 Å². The first kappa shape index (κ1) is 8.18. The molecule has 1 aromatic rings. The normalized spacial score (nSPS) is 10.4. The molecule has 7 nitrogen and oxygen atoms in total. The molecule has 1 heterocycles. The van der Waals surface area contributed by atoms with Crippen molar-refractivity contribution in [2.24, 2.45) is 28.7 Å². The third-order valence-electron chi connectivity index (χ3n) is 0.984. The standard InChI is InChI=1S/C5H9N7/c1-12-3-4(9-11-12)2-8-10-5(6)7/h2-3H,1H3,(H4,6,7,10)/b8-2+. The largest absolute Gasteiger partial charge is 0.369 e. The van der Waals surface area contributed by atoms with Crippen molar-refractivity contribution < 1.29 is 0 Å². The van der Waals surface area contributed by atoms with Crippen molar-refractivity contribution in [3.8, 4) is 0 Å². The van der Waals surface area contributed by atoms with E-state index in [1.807, 2.05) is 0 Å². The van der Waals surface area contributed by atoms with Crippen molar-refractivity contribution in [1.29, 1.82) is 0 Å². The van der Waals surface area contributed by atoms with Crippen molar-refractivity contribution in [3.05, 3.63) is 11.9 Å². The van der Waals surface area contributed by atoms with Gasteiger partial charge in [-0.1, -0.05) is 5.21 Å². The van der Waals surface area contributed by atoms with E-state index in [9.17, 15) is 0 Å². The maximum absolute atomic E-state index is 5.03. The molecule has 7 heteroatoms. The Hall–Kier alpha value is -1.92. The Bertz CT molecular complexity index is 305. The summed E-state index contributed by atoms with van der Waals surface area (Å²) in [6, 6.07) is 0. The molecule has 0 atom stereocenters. The van der Waals surface area contributed by atoms with Gasteiger partial charge in [-0.2, -0.15) is 5.10 Å². The van der Waals surface area contributed by atoms with Crippen LogP contribution in [0.1, 0.15) is 5.69 Å². The number of guanidine groups is 1. The zero-order chi connectivity index (χ0) is 8.97. The van der Waals surface area contributed by atoms with Gasteiger partial charge in [-0.15, -0.1) is 10.2 Å². The molecule has 0 unspecified atom stereocenters. The van der Waals surface area contributed by atoms with E-state index in [1.165, 1.54) is 6.21 Å². The Morgan fingerprint density at radius 2 is 2.42 bits per heavy atom. The van der Waals surface area contributed by atoms with E-state index < -0.39 is 0 Å². The van der Waals surface area contributed by atoms with Crippen LogP contribution in [0.2, 0.25) is 0 Å². The Labute approximate surface area is 68.8 Å². The summed E-state index contributed by atoms with van der Waals surface area (Å²) in [5.74, 6) is -0.0878. The summed E-state index contributed by atoms with van der Waals surface area (Å²) in [5, 5.41) is 14.3. The molecule has 1 rings (SSSR count). The molecule has 1 aromatic heterocycles. The molecule has 0 aliphatic carbocycles. The summed E-state index contributed by atoms with van der Waals surface area (Å²) in [4.78, 5) is 0. The van der Waals surface area contributed by atoms with Crippen LogP contribution in [0.4, 0.5) is 0 Å². The van der Waals surface area contributed by atoms with Gasteiger partial charge in [0.1, 0.15) is 5.69 Å². The Morgan fingerprint density at radius 3 is 2.92 bits per heavy atom. The highest BCUT2D eigenvalue weighted by atomic mass is 15.4. The predicted molar refractivity (Wildman–Crippen MR) is 44.4 cm³/mol. The molecular weight excluding hydrogens is 158 g/mol. The van der Waals surface area contributed by atoms with Crippen LogP contribution in [0.25, 0.3) is 0 Å². The van der Waals surface area contributed by atoms with Crippen molar-refractivity contribution >= 4 is 12.2 Å². The summed E-state index contributed by atoms with van der Waals surface area (Å²) < 4.78 is 1.55. The highest BCUT2D eigenvalue weighted by Crippen LogP contribution is 1.85. The number of rotatable bonds is 2. The van der Waals surface area contributed by atoms with Crippen LogP contribution in [0, 0.1) is 0 Å². The van der Waals surface area contributed by atoms with E-state index in [2.05, 4.69) is 20.5 Å². The van der Waals surface area contributed by atoms with Gasteiger partial charge >= 0.3 is 0 Å². The molecule has 0 aliphatic heterocycles. The second kappa shape index (κ2) is 3.46. The minimum absolute atomic E-state index is 0.0878. The third-order valence-corrected chi connectivity index (χ3v) is 0.984. The number of aromatic nitrogens is 3. The van der Waals surface area contributed by atoms with E-state index in [0.29, 0.717) is 5.69 Å². The Balaban J connectivity index is 2.64. The summed E-state index contributed by atoms with van der Waals surface area (Å²) in [5.41, 5.74) is 10.7. The van der Waals surface area contributed by atoms with Crippen LogP contribution >= 0.6 is 0 Å². The zero-order valence-corrected chi connectivity index (χ0v) is 6.55. The molecule has 64 valence electrons. The van der Waals surface area contributed by atoms with Gasteiger partial charge in [0.05, 0.1) is 12.4 Å². The molecule has 0 bridgehead atoms. The number of hydrogen-bond donors (Lipinski definition) is 2. The topological polar surface area (TPSA) is 107 Å². The minimum atomic E-state index is -0.0878. The lowest BCUT2D eigenvalue weighted by molar-refractivity contribution is 0.714. The first-order valence-electron chi connectivity index (χ1n) is 3.17. The van der Waals surface area contributed by atoms with Gasteiger partial charge in [-0.25, -0.2) is 0 Å². The van der Waals surface area contributed by atoms with Crippen molar-refractivity contribution in [2.45, 2.75) is 0 Å². The zero-order valence-electron chi connectivity index (χ0n) is 6.55. The highest BCUT2D eigenvalue weighted by Gasteiger charge is 1.90. The molecule has 0 saturated heterocycles. The fourth-order valence-corrected chi connectivity index (χ4v) is 0.579. The van der Waals surface area contributed by atoms with Crippen LogP contribution < -0.4 is 11.5 Å². The molecule has 0 aromatic carbocycles. The quantitative estimate of drug-likeness (QED) is 0.315. The van der Waals surface area contributed by atoms with Crippen molar-refractivity contribution in [3.63, 3.8) is 0 Å². The van der Waals surface area contributed by atoms with Gasteiger partial charge in [0.15, 0.2) is 0 Å². The lowest BCUT2D eigenvalue weighted by Crippen LogP contribution is -2.21. The van der Waals surface area contributed by atoms with Gasteiger partial charge < -0.3 is 11.5 Å². The molecule has 0 radical (unpaired) electrons. The molecule has 0 saturated carbocycles. The van der Waals surface area contributed by atoms with E-state index in [0.717, 1.165) is 0 Å². The van der Waals surface area contributed by atoms with Crippen LogP contribution in [-0.2, 0) is 7.05 Å². The number of nitrogens with two attached hydrogens (primary N) is 2. The minimum Gasteiger partial charge on any atom is -0.369 e. The lowest BCUT2D eigenvalue weighted by atomic mass is 10.5. The van der Waals surface area contributed by atoms with Crippen molar-refractivity contribution in [1.82, 2.24) is 15.0 Å². The third kappa shape index (κ3) is 2.37. The van der Waals surface area contributed by atoms with Crippen LogP contribution in [0.15, 0.2) is 16.4 Å².